The number of benzene rings is 1. The predicted molar refractivity (Wildman–Crippen MR) is 66.6 cm³/mol. The van der Waals surface area contributed by atoms with Crippen molar-refractivity contribution < 1.29 is 9.18 Å². The molecule has 0 spiro atoms. The molecule has 1 aromatic rings. The van der Waals surface area contributed by atoms with Crippen molar-refractivity contribution >= 4 is 5.91 Å². The number of hydrogen-bond acceptors (Lipinski definition) is 2. The van der Waals surface area contributed by atoms with E-state index in [9.17, 15) is 9.18 Å². The normalized spacial score (nSPS) is 26.2. The van der Waals surface area contributed by atoms with Crippen molar-refractivity contribution in [3.05, 3.63) is 35.1 Å². The van der Waals surface area contributed by atoms with E-state index in [-0.39, 0.29) is 23.8 Å². The molecule has 3 rings (SSSR count). The Morgan fingerprint density at radius 3 is 3.00 bits per heavy atom. The Labute approximate surface area is 106 Å². The molecule has 1 aliphatic carbocycles. The Hall–Kier alpha value is -1.42. The molecule has 1 amide bonds. The number of nitrogens with one attached hydrogen (secondary N) is 2. The molecule has 0 radical (unpaired) electrons. The van der Waals surface area contributed by atoms with Crippen molar-refractivity contribution in [2.75, 3.05) is 6.54 Å². The van der Waals surface area contributed by atoms with Gasteiger partial charge in [-0.1, -0.05) is 12.1 Å². The minimum Gasteiger partial charge on any atom is -0.352 e. The van der Waals surface area contributed by atoms with Crippen molar-refractivity contribution in [3.8, 4) is 0 Å². The van der Waals surface area contributed by atoms with Gasteiger partial charge in [-0.05, 0) is 36.5 Å². The molecule has 1 saturated heterocycles. The number of carbonyl (C=O) groups excluding carboxylic acids is 1. The lowest BCUT2D eigenvalue weighted by Gasteiger charge is -2.17. The quantitative estimate of drug-likeness (QED) is 0.854. The zero-order chi connectivity index (χ0) is 12.5. The molecule has 1 aromatic carbocycles. The summed E-state index contributed by atoms with van der Waals surface area (Å²) >= 11 is 0. The Kier molecular flexibility index (Phi) is 3.04. The van der Waals surface area contributed by atoms with Crippen LogP contribution in [0.4, 0.5) is 4.39 Å². The van der Waals surface area contributed by atoms with Gasteiger partial charge in [0.25, 0.3) is 0 Å². The van der Waals surface area contributed by atoms with Crippen LogP contribution < -0.4 is 10.6 Å². The zero-order valence-electron chi connectivity index (χ0n) is 10.2. The molecule has 96 valence electrons. The van der Waals surface area contributed by atoms with E-state index in [2.05, 4.69) is 10.6 Å². The number of carbonyl (C=O) groups is 1. The number of fused-ring (bicyclic) bond motifs is 1. The van der Waals surface area contributed by atoms with E-state index >= 15 is 0 Å². The van der Waals surface area contributed by atoms with Crippen LogP contribution in [-0.4, -0.2) is 18.5 Å². The largest absolute Gasteiger partial charge is 0.352 e. The van der Waals surface area contributed by atoms with Gasteiger partial charge in [0.1, 0.15) is 5.82 Å². The Morgan fingerprint density at radius 2 is 2.22 bits per heavy atom. The summed E-state index contributed by atoms with van der Waals surface area (Å²) in [6, 6.07) is 5.75. The maximum atomic E-state index is 13.6. The van der Waals surface area contributed by atoms with E-state index in [4.69, 9.17) is 0 Å². The van der Waals surface area contributed by atoms with Gasteiger partial charge in [-0.3, -0.25) is 4.79 Å². The Bertz CT molecular complexity index is 475. The van der Waals surface area contributed by atoms with Crippen LogP contribution in [0, 0.1) is 5.82 Å². The first-order chi connectivity index (χ1) is 8.74. The fraction of sp³-hybridized carbons (Fsp3) is 0.500. The number of hydrogen-bond donors (Lipinski definition) is 2. The fourth-order valence-electron chi connectivity index (χ4n) is 2.94. The molecule has 2 aliphatic rings. The Balaban J connectivity index is 1.63. The van der Waals surface area contributed by atoms with E-state index < -0.39 is 0 Å². The van der Waals surface area contributed by atoms with Crippen molar-refractivity contribution in [1.29, 1.82) is 0 Å². The van der Waals surface area contributed by atoms with Crippen LogP contribution in [0.1, 0.15) is 36.4 Å². The molecular formula is C14H17FN2O. The standard InChI is InChI=1S/C14H17FN2O/c15-12-3-1-2-11-10(12)5-6-13(11)16-8-9-4-7-14(18)17-9/h1-3,9,13,16H,4-8H2,(H,17,18). The average Bonchev–Trinajstić information content (AvgIpc) is 2.94. The van der Waals surface area contributed by atoms with Gasteiger partial charge in [0.2, 0.25) is 5.91 Å². The molecule has 2 atom stereocenters. The third kappa shape index (κ3) is 2.12. The van der Waals surface area contributed by atoms with Crippen molar-refractivity contribution in [2.45, 2.75) is 37.8 Å². The van der Waals surface area contributed by atoms with Crippen LogP contribution in [-0.2, 0) is 11.2 Å². The minimum absolute atomic E-state index is 0.0917. The second kappa shape index (κ2) is 4.69. The highest BCUT2D eigenvalue weighted by molar-refractivity contribution is 5.78. The summed E-state index contributed by atoms with van der Waals surface area (Å²) < 4.78 is 13.6. The summed E-state index contributed by atoms with van der Waals surface area (Å²) in [5.41, 5.74) is 1.93. The molecule has 0 aromatic heterocycles. The highest BCUT2D eigenvalue weighted by Crippen LogP contribution is 2.32. The van der Waals surface area contributed by atoms with Crippen molar-refractivity contribution in [2.24, 2.45) is 0 Å². The molecule has 4 heteroatoms. The molecule has 2 unspecified atom stereocenters. The van der Waals surface area contributed by atoms with E-state index in [1.807, 2.05) is 6.07 Å². The molecular weight excluding hydrogens is 231 g/mol. The highest BCUT2D eigenvalue weighted by Gasteiger charge is 2.26. The van der Waals surface area contributed by atoms with Crippen LogP contribution >= 0.6 is 0 Å². The molecule has 0 saturated carbocycles. The van der Waals surface area contributed by atoms with Crippen LogP contribution in [0.3, 0.4) is 0 Å². The average molecular weight is 248 g/mol. The predicted octanol–water partition coefficient (Wildman–Crippen LogP) is 1.68. The fourth-order valence-corrected chi connectivity index (χ4v) is 2.94. The number of halogens is 1. The topological polar surface area (TPSA) is 41.1 Å². The Morgan fingerprint density at radius 1 is 1.33 bits per heavy atom. The van der Waals surface area contributed by atoms with Gasteiger partial charge in [-0.15, -0.1) is 0 Å². The van der Waals surface area contributed by atoms with E-state index in [1.165, 1.54) is 6.07 Å². The minimum atomic E-state index is -0.0917. The van der Waals surface area contributed by atoms with Crippen LogP contribution in [0.15, 0.2) is 18.2 Å². The van der Waals surface area contributed by atoms with Gasteiger partial charge in [0.15, 0.2) is 0 Å². The molecule has 3 nitrogen and oxygen atoms in total. The van der Waals surface area contributed by atoms with Crippen LogP contribution in [0.2, 0.25) is 0 Å². The number of amides is 1. The highest BCUT2D eigenvalue weighted by atomic mass is 19.1. The molecule has 1 fully saturated rings. The van der Waals surface area contributed by atoms with Gasteiger partial charge in [-0.2, -0.15) is 0 Å². The second-order valence-corrected chi connectivity index (χ2v) is 5.11. The third-order valence-corrected chi connectivity index (χ3v) is 3.91. The molecule has 1 heterocycles. The lowest BCUT2D eigenvalue weighted by Crippen LogP contribution is -2.36. The molecule has 18 heavy (non-hydrogen) atoms. The first-order valence-corrected chi connectivity index (χ1v) is 6.54. The van der Waals surface area contributed by atoms with Gasteiger partial charge < -0.3 is 10.6 Å². The van der Waals surface area contributed by atoms with Crippen molar-refractivity contribution in [1.82, 2.24) is 10.6 Å². The zero-order valence-corrected chi connectivity index (χ0v) is 10.2. The summed E-state index contributed by atoms with van der Waals surface area (Å²) in [4.78, 5) is 11.1. The smallest absolute Gasteiger partial charge is 0.220 e. The van der Waals surface area contributed by atoms with Crippen molar-refractivity contribution in [3.63, 3.8) is 0 Å². The summed E-state index contributed by atoms with van der Waals surface area (Å²) in [6.45, 7) is 0.770. The maximum absolute atomic E-state index is 13.6. The first kappa shape index (κ1) is 11.7. The summed E-state index contributed by atoms with van der Waals surface area (Å²) in [6.07, 6.45) is 3.27. The number of rotatable bonds is 3. The SMILES string of the molecule is O=C1CCC(CNC2CCc3c(F)cccc32)N1. The molecule has 1 aliphatic heterocycles. The lowest BCUT2D eigenvalue weighted by atomic mass is 10.1. The summed E-state index contributed by atoms with van der Waals surface area (Å²) in [5, 5.41) is 6.38. The van der Waals surface area contributed by atoms with Gasteiger partial charge in [0.05, 0.1) is 0 Å². The van der Waals surface area contributed by atoms with Crippen LogP contribution in [0.25, 0.3) is 0 Å². The molecule has 2 N–H and O–H groups in total. The van der Waals surface area contributed by atoms with E-state index in [0.717, 1.165) is 36.9 Å². The maximum Gasteiger partial charge on any atom is 0.220 e. The van der Waals surface area contributed by atoms with Gasteiger partial charge in [0, 0.05) is 25.0 Å². The third-order valence-electron chi connectivity index (χ3n) is 3.91. The second-order valence-electron chi connectivity index (χ2n) is 5.11. The summed E-state index contributed by atoms with van der Waals surface area (Å²) in [7, 11) is 0. The summed E-state index contributed by atoms with van der Waals surface area (Å²) in [5.74, 6) is 0.0469. The van der Waals surface area contributed by atoms with Crippen LogP contribution in [0.5, 0.6) is 0 Å². The molecule has 0 bridgehead atoms. The van der Waals surface area contributed by atoms with E-state index in [0.29, 0.717) is 6.42 Å². The van der Waals surface area contributed by atoms with Gasteiger partial charge in [-0.25, -0.2) is 4.39 Å². The monoisotopic (exact) mass is 248 g/mol. The van der Waals surface area contributed by atoms with E-state index in [1.54, 1.807) is 6.07 Å². The first-order valence-electron chi connectivity index (χ1n) is 6.54. The lowest BCUT2D eigenvalue weighted by molar-refractivity contribution is -0.119. The van der Waals surface area contributed by atoms with Gasteiger partial charge >= 0.3 is 0 Å².